The van der Waals surface area contributed by atoms with Crippen molar-refractivity contribution >= 4 is 5.96 Å². The van der Waals surface area contributed by atoms with Gasteiger partial charge >= 0.3 is 0 Å². The van der Waals surface area contributed by atoms with E-state index in [2.05, 4.69) is 32.5 Å². The first kappa shape index (κ1) is 21.1. The van der Waals surface area contributed by atoms with E-state index in [1.54, 1.807) is 19.4 Å². The Morgan fingerprint density at radius 3 is 2.40 bits per heavy atom. The van der Waals surface area contributed by atoms with Crippen molar-refractivity contribution in [2.45, 2.75) is 26.4 Å². The molecule has 156 valence electrons. The summed E-state index contributed by atoms with van der Waals surface area (Å²) in [5.74, 6) is 2.76. The number of aromatic nitrogens is 2. The van der Waals surface area contributed by atoms with Crippen molar-refractivity contribution in [1.82, 2.24) is 20.6 Å². The maximum Gasteiger partial charge on any atom is 0.224 e. The van der Waals surface area contributed by atoms with Crippen molar-refractivity contribution < 1.29 is 9.47 Å². The third-order valence-electron chi connectivity index (χ3n) is 4.19. The number of hydrogen-bond acceptors (Lipinski definition) is 5. The lowest BCUT2D eigenvalue weighted by molar-refractivity contribution is 0.317. The van der Waals surface area contributed by atoms with Crippen LogP contribution in [0.2, 0.25) is 0 Å². The van der Waals surface area contributed by atoms with Gasteiger partial charge in [-0.1, -0.05) is 19.1 Å². The van der Waals surface area contributed by atoms with Gasteiger partial charge in [0.1, 0.15) is 11.5 Å². The van der Waals surface area contributed by atoms with Gasteiger partial charge in [-0.05, 0) is 48.9 Å². The summed E-state index contributed by atoms with van der Waals surface area (Å²) < 4.78 is 11.6. The Bertz CT molecular complexity index is 930. The van der Waals surface area contributed by atoms with E-state index in [1.165, 1.54) is 0 Å². The van der Waals surface area contributed by atoms with Crippen LogP contribution in [0, 0.1) is 0 Å². The predicted molar refractivity (Wildman–Crippen MR) is 118 cm³/mol. The summed E-state index contributed by atoms with van der Waals surface area (Å²) in [6.45, 7) is 3.88. The molecule has 0 amide bonds. The van der Waals surface area contributed by atoms with Gasteiger partial charge < -0.3 is 20.1 Å². The van der Waals surface area contributed by atoms with Crippen LogP contribution < -0.4 is 20.1 Å². The van der Waals surface area contributed by atoms with E-state index in [-0.39, 0.29) is 0 Å². The molecule has 2 N–H and O–H groups in total. The summed E-state index contributed by atoms with van der Waals surface area (Å²) in [4.78, 5) is 12.9. The maximum atomic E-state index is 5.99. The van der Waals surface area contributed by atoms with E-state index >= 15 is 0 Å². The van der Waals surface area contributed by atoms with Gasteiger partial charge in [0.2, 0.25) is 5.88 Å². The number of pyridine rings is 2. The minimum Gasteiger partial charge on any atom is -0.494 e. The van der Waals surface area contributed by atoms with Gasteiger partial charge in [0.15, 0.2) is 5.96 Å². The first-order valence-electron chi connectivity index (χ1n) is 9.97. The first-order chi connectivity index (χ1) is 14.8. The van der Waals surface area contributed by atoms with E-state index in [1.807, 2.05) is 54.6 Å². The Balaban J connectivity index is 1.57. The van der Waals surface area contributed by atoms with Crippen molar-refractivity contribution in [3.05, 3.63) is 78.2 Å². The molecule has 3 aromatic rings. The van der Waals surface area contributed by atoms with E-state index in [4.69, 9.17) is 9.47 Å². The number of ether oxygens (including phenoxy) is 2. The zero-order valence-electron chi connectivity index (χ0n) is 17.3. The minimum absolute atomic E-state index is 0.517. The van der Waals surface area contributed by atoms with Crippen LogP contribution in [0.1, 0.15) is 24.6 Å². The summed E-state index contributed by atoms with van der Waals surface area (Å²) >= 11 is 0. The molecule has 0 aliphatic rings. The number of guanidine groups is 1. The standard InChI is InChI=1S/C23H27N5O2/c1-3-15-29-20-9-11-21(12-10-20)30-22-18(7-6-14-26-22)16-27-23(24-2)28-17-19-8-4-5-13-25-19/h4-14H,3,15-17H2,1-2H3,(H2,24,27,28). The highest BCUT2D eigenvalue weighted by Crippen LogP contribution is 2.25. The van der Waals surface area contributed by atoms with Crippen LogP contribution in [0.4, 0.5) is 0 Å². The molecule has 0 aliphatic heterocycles. The van der Waals surface area contributed by atoms with Gasteiger partial charge in [-0.3, -0.25) is 9.98 Å². The molecule has 3 rings (SSSR count). The second kappa shape index (κ2) is 11.4. The van der Waals surface area contributed by atoms with Crippen molar-refractivity contribution in [3.63, 3.8) is 0 Å². The molecule has 2 aromatic heterocycles. The van der Waals surface area contributed by atoms with Gasteiger partial charge in [0.25, 0.3) is 0 Å². The molecule has 0 saturated carbocycles. The Morgan fingerprint density at radius 1 is 0.900 bits per heavy atom. The summed E-state index contributed by atoms with van der Waals surface area (Å²) in [6.07, 6.45) is 4.46. The lowest BCUT2D eigenvalue weighted by atomic mass is 10.2. The number of hydrogen-bond donors (Lipinski definition) is 2. The highest BCUT2D eigenvalue weighted by atomic mass is 16.5. The first-order valence-corrected chi connectivity index (χ1v) is 9.97. The maximum absolute atomic E-state index is 5.99. The molecule has 0 radical (unpaired) electrons. The van der Waals surface area contributed by atoms with Crippen molar-refractivity contribution in [2.75, 3.05) is 13.7 Å². The fourth-order valence-corrected chi connectivity index (χ4v) is 2.66. The second-order valence-electron chi connectivity index (χ2n) is 6.49. The van der Waals surface area contributed by atoms with Gasteiger partial charge in [-0.2, -0.15) is 0 Å². The van der Waals surface area contributed by atoms with Crippen molar-refractivity contribution in [3.8, 4) is 17.4 Å². The van der Waals surface area contributed by atoms with Crippen LogP contribution in [-0.4, -0.2) is 29.6 Å². The van der Waals surface area contributed by atoms with E-state index < -0.39 is 0 Å². The molecule has 0 spiro atoms. The molecule has 30 heavy (non-hydrogen) atoms. The molecule has 1 aromatic carbocycles. The normalized spacial score (nSPS) is 11.1. The Labute approximate surface area is 177 Å². The van der Waals surface area contributed by atoms with Crippen LogP contribution in [0.3, 0.4) is 0 Å². The zero-order chi connectivity index (χ0) is 21.0. The zero-order valence-corrected chi connectivity index (χ0v) is 17.3. The highest BCUT2D eigenvalue weighted by Gasteiger charge is 2.08. The molecule has 7 heteroatoms. The van der Waals surface area contributed by atoms with Gasteiger partial charge in [-0.25, -0.2) is 4.98 Å². The van der Waals surface area contributed by atoms with Gasteiger partial charge in [0.05, 0.1) is 18.8 Å². The van der Waals surface area contributed by atoms with E-state index in [0.717, 1.165) is 23.4 Å². The average Bonchev–Trinajstić information content (AvgIpc) is 2.80. The highest BCUT2D eigenvalue weighted by molar-refractivity contribution is 5.79. The lowest BCUT2D eigenvalue weighted by Gasteiger charge is -2.14. The SMILES string of the molecule is CCCOc1ccc(Oc2ncccc2CNC(=NC)NCc2ccccn2)cc1. The number of rotatable bonds is 9. The topological polar surface area (TPSA) is 80.7 Å². The number of aliphatic imine (C=N–C) groups is 1. The average molecular weight is 406 g/mol. The Morgan fingerprint density at radius 2 is 1.67 bits per heavy atom. The van der Waals surface area contributed by atoms with Gasteiger partial charge in [0, 0.05) is 31.5 Å². The molecule has 7 nitrogen and oxygen atoms in total. The summed E-state index contributed by atoms with van der Waals surface area (Å²) in [5.41, 5.74) is 1.86. The monoisotopic (exact) mass is 405 g/mol. The van der Waals surface area contributed by atoms with Crippen LogP contribution >= 0.6 is 0 Å². The molecular formula is C23H27N5O2. The molecule has 0 unspecified atom stereocenters. The van der Waals surface area contributed by atoms with Crippen molar-refractivity contribution in [2.24, 2.45) is 4.99 Å². The molecule has 0 bridgehead atoms. The molecular weight excluding hydrogens is 378 g/mol. The third-order valence-corrected chi connectivity index (χ3v) is 4.19. The fraction of sp³-hybridized carbons (Fsp3) is 0.261. The summed E-state index contributed by atoms with van der Waals surface area (Å²) in [5, 5.41) is 6.53. The number of nitrogens with zero attached hydrogens (tertiary/aromatic N) is 3. The van der Waals surface area contributed by atoms with Crippen LogP contribution in [0.25, 0.3) is 0 Å². The lowest BCUT2D eigenvalue weighted by Crippen LogP contribution is -2.36. The Hall–Kier alpha value is -3.61. The summed E-state index contributed by atoms with van der Waals surface area (Å²) in [7, 11) is 1.73. The Kier molecular flexibility index (Phi) is 8.02. The molecule has 0 saturated heterocycles. The fourth-order valence-electron chi connectivity index (χ4n) is 2.66. The van der Waals surface area contributed by atoms with E-state index in [0.29, 0.717) is 37.3 Å². The predicted octanol–water partition coefficient (Wildman–Crippen LogP) is 3.92. The molecule has 0 aliphatic carbocycles. The van der Waals surface area contributed by atoms with Gasteiger partial charge in [-0.15, -0.1) is 0 Å². The molecule has 2 heterocycles. The van der Waals surface area contributed by atoms with Crippen LogP contribution in [0.15, 0.2) is 72.0 Å². The van der Waals surface area contributed by atoms with E-state index in [9.17, 15) is 0 Å². The summed E-state index contributed by atoms with van der Waals surface area (Å²) in [6, 6.07) is 17.2. The van der Waals surface area contributed by atoms with Crippen molar-refractivity contribution in [1.29, 1.82) is 0 Å². The smallest absolute Gasteiger partial charge is 0.224 e. The third kappa shape index (κ3) is 6.48. The minimum atomic E-state index is 0.517. The number of nitrogens with one attached hydrogen (secondary N) is 2. The van der Waals surface area contributed by atoms with Crippen LogP contribution in [-0.2, 0) is 13.1 Å². The number of benzene rings is 1. The molecule has 0 atom stereocenters. The second-order valence-corrected chi connectivity index (χ2v) is 6.49. The van der Waals surface area contributed by atoms with Crippen LogP contribution in [0.5, 0.6) is 17.4 Å². The molecule has 0 fully saturated rings. The quantitative estimate of drug-likeness (QED) is 0.415. The largest absolute Gasteiger partial charge is 0.494 e.